The van der Waals surface area contributed by atoms with Crippen LogP contribution >= 0.6 is 0 Å². The number of aromatic nitrogens is 1. The van der Waals surface area contributed by atoms with Crippen LogP contribution in [0.25, 0.3) is 13.2 Å². The molecule has 0 N–H and O–H groups in total. The molecule has 0 amide bonds. The molecule has 0 unspecified atom stereocenters. The fourth-order valence-electron chi connectivity index (χ4n) is 0.512. The summed E-state index contributed by atoms with van der Waals surface area (Å²) in [5.41, 5.74) is 0.558. The van der Waals surface area contributed by atoms with E-state index in [0.717, 1.165) is 0 Å². The van der Waals surface area contributed by atoms with Gasteiger partial charge in [-0.15, -0.1) is 0 Å². The van der Waals surface area contributed by atoms with Crippen LogP contribution in [0.15, 0.2) is 4.42 Å². The van der Waals surface area contributed by atoms with E-state index in [2.05, 4.69) is 18.1 Å². The lowest BCUT2D eigenvalue weighted by atomic mass is 10.7. The van der Waals surface area contributed by atoms with Crippen LogP contribution < -0.4 is 10.8 Å². The lowest BCUT2D eigenvalue weighted by molar-refractivity contribution is 0.493. The summed E-state index contributed by atoms with van der Waals surface area (Å²) < 4.78 is 4.93. The third-order valence-corrected chi connectivity index (χ3v) is 0.885. The average Bonchev–Trinajstić information content (AvgIpc) is 1.85. The Balaban J connectivity index is 3.59. The Bertz CT molecular complexity index is 246. The number of rotatable bonds is 0. The minimum atomic E-state index is 0.558. The van der Waals surface area contributed by atoms with Gasteiger partial charge in [-0.2, -0.15) is 0 Å². The first-order chi connectivity index (χ1) is 3.70. The first kappa shape index (κ1) is 5.09. The molecular formula is C6H7NO. The van der Waals surface area contributed by atoms with Crippen molar-refractivity contribution in [1.82, 2.24) is 4.98 Å². The molecule has 2 heteroatoms. The maximum Gasteiger partial charge on any atom is 0.192 e. The highest BCUT2D eigenvalue weighted by molar-refractivity contribution is 5.00. The molecule has 0 aliphatic heterocycles. The summed E-state index contributed by atoms with van der Waals surface area (Å²) in [6.45, 7) is 8.89. The predicted molar refractivity (Wildman–Crippen MR) is 31.5 cm³/mol. The molecule has 0 aromatic carbocycles. The smallest absolute Gasteiger partial charge is 0.192 e. The normalized spacial score (nSPS) is 9.62. The van der Waals surface area contributed by atoms with E-state index >= 15 is 0 Å². The molecule has 8 heavy (non-hydrogen) atoms. The molecule has 0 spiro atoms. The summed E-state index contributed by atoms with van der Waals surface area (Å²) in [4.78, 5) is 3.87. The standard InChI is InChI=1S/C6H7NO/c1-4-5(2)8-6(3)7-4/h1-2H2,3H3. The number of hydrogen-bond donors (Lipinski definition) is 0. The van der Waals surface area contributed by atoms with Gasteiger partial charge in [0.25, 0.3) is 0 Å². The van der Waals surface area contributed by atoms with Crippen molar-refractivity contribution < 1.29 is 4.42 Å². The van der Waals surface area contributed by atoms with Gasteiger partial charge in [0.05, 0.1) is 0 Å². The van der Waals surface area contributed by atoms with E-state index in [9.17, 15) is 0 Å². The number of oxazole rings is 1. The summed E-state index contributed by atoms with van der Waals surface area (Å²) in [6, 6.07) is 0. The first-order valence-corrected chi connectivity index (χ1v) is 2.31. The largest absolute Gasteiger partial charge is 0.442 e. The fraction of sp³-hybridized carbons (Fsp3) is 0.167. The van der Waals surface area contributed by atoms with E-state index in [1.807, 2.05) is 0 Å². The minimum Gasteiger partial charge on any atom is -0.442 e. The van der Waals surface area contributed by atoms with E-state index < -0.39 is 0 Å². The Kier molecular flexibility index (Phi) is 0.938. The van der Waals surface area contributed by atoms with Crippen molar-refractivity contribution >= 4 is 13.2 Å². The second-order valence-corrected chi connectivity index (χ2v) is 1.60. The molecule has 2 nitrogen and oxygen atoms in total. The summed E-state index contributed by atoms with van der Waals surface area (Å²) in [7, 11) is 0. The summed E-state index contributed by atoms with van der Waals surface area (Å²) >= 11 is 0. The monoisotopic (exact) mass is 109 g/mol. The molecule has 0 aliphatic carbocycles. The van der Waals surface area contributed by atoms with Gasteiger partial charge in [-0.3, -0.25) is 0 Å². The van der Waals surface area contributed by atoms with Gasteiger partial charge in [-0.05, 0) is 0 Å². The lowest BCUT2D eigenvalue weighted by Crippen LogP contribution is -2.17. The average molecular weight is 109 g/mol. The van der Waals surface area contributed by atoms with Crippen molar-refractivity contribution in [3.05, 3.63) is 16.7 Å². The third kappa shape index (κ3) is 0.644. The van der Waals surface area contributed by atoms with Crippen LogP contribution in [-0.2, 0) is 0 Å². The van der Waals surface area contributed by atoms with Gasteiger partial charge in [-0.1, -0.05) is 13.2 Å². The minimum absolute atomic E-state index is 0.558. The molecule has 1 rings (SSSR count). The zero-order valence-electron chi connectivity index (χ0n) is 4.77. The molecule has 0 atom stereocenters. The summed E-state index contributed by atoms with van der Waals surface area (Å²) in [6.07, 6.45) is 0. The Hall–Kier alpha value is -1.05. The number of nitrogens with zero attached hydrogens (tertiary/aromatic N) is 1. The van der Waals surface area contributed by atoms with Gasteiger partial charge in [-0.25, -0.2) is 4.98 Å². The van der Waals surface area contributed by atoms with Gasteiger partial charge >= 0.3 is 0 Å². The van der Waals surface area contributed by atoms with E-state index in [4.69, 9.17) is 4.42 Å². The summed E-state index contributed by atoms with van der Waals surface area (Å²) in [5.74, 6) is 0.625. The Morgan fingerprint density at radius 3 is 2.25 bits per heavy atom. The van der Waals surface area contributed by atoms with Crippen LogP contribution in [0.5, 0.6) is 0 Å². The molecule has 1 aromatic heterocycles. The highest BCUT2D eigenvalue weighted by atomic mass is 16.3. The van der Waals surface area contributed by atoms with Crippen LogP contribution in [0.2, 0.25) is 0 Å². The zero-order chi connectivity index (χ0) is 6.15. The van der Waals surface area contributed by atoms with Crippen LogP contribution in [0.3, 0.4) is 0 Å². The second kappa shape index (κ2) is 1.47. The molecule has 0 radical (unpaired) electrons. The topological polar surface area (TPSA) is 26.0 Å². The Labute approximate surface area is 47.2 Å². The van der Waals surface area contributed by atoms with E-state index in [1.165, 1.54) is 0 Å². The molecule has 0 aliphatic rings. The Morgan fingerprint density at radius 2 is 2.12 bits per heavy atom. The highest BCUT2D eigenvalue weighted by Crippen LogP contribution is 1.75. The number of hydrogen-bond acceptors (Lipinski definition) is 2. The van der Waals surface area contributed by atoms with Gasteiger partial charge in [0.1, 0.15) is 10.8 Å². The summed E-state index contributed by atoms with van der Waals surface area (Å²) in [5, 5.41) is 0.627. The van der Waals surface area contributed by atoms with Crippen LogP contribution in [0.4, 0.5) is 0 Å². The predicted octanol–water partition coefficient (Wildman–Crippen LogP) is -0.196. The highest BCUT2D eigenvalue weighted by Gasteiger charge is 1.87. The second-order valence-electron chi connectivity index (χ2n) is 1.60. The maximum absolute atomic E-state index is 4.93. The lowest BCUT2D eigenvalue weighted by Gasteiger charge is -1.68. The quantitative estimate of drug-likeness (QED) is 0.461. The van der Waals surface area contributed by atoms with Crippen LogP contribution in [-0.4, -0.2) is 4.98 Å². The van der Waals surface area contributed by atoms with Crippen molar-refractivity contribution in [3.63, 3.8) is 0 Å². The molecular weight excluding hydrogens is 102 g/mol. The molecule has 0 fully saturated rings. The molecule has 1 heterocycles. The first-order valence-electron chi connectivity index (χ1n) is 2.31. The van der Waals surface area contributed by atoms with Gasteiger partial charge in [0.15, 0.2) is 5.89 Å². The fourth-order valence-corrected chi connectivity index (χ4v) is 0.512. The maximum atomic E-state index is 4.93. The van der Waals surface area contributed by atoms with Gasteiger partial charge < -0.3 is 4.42 Å². The molecule has 1 aromatic rings. The van der Waals surface area contributed by atoms with E-state index in [0.29, 0.717) is 16.7 Å². The van der Waals surface area contributed by atoms with E-state index in [1.54, 1.807) is 6.92 Å². The molecule has 42 valence electrons. The SMILES string of the molecule is C=c1nc(C)oc1=C. The van der Waals surface area contributed by atoms with Crippen molar-refractivity contribution in [2.45, 2.75) is 6.92 Å². The molecule has 0 bridgehead atoms. The van der Waals surface area contributed by atoms with E-state index in [-0.39, 0.29) is 0 Å². The number of aryl methyl sites for hydroxylation is 1. The van der Waals surface area contributed by atoms with Crippen molar-refractivity contribution in [1.29, 1.82) is 0 Å². The van der Waals surface area contributed by atoms with Crippen molar-refractivity contribution in [2.24, 2.45) is 0 Å². The van der Waals surface area contributed by atoms with Gasteiger partial charge in [0.2, 0.25) is 0 Å². The zero-order valence-corrected chi connectivity index (χ0v) is 4.77. The van der Waals surface area contributed by atoms with Crippen LogP contribution in [0, 0.1) is 6.92 Å². The molecule has 0 saturated carbocycles. The third-order valence-electron chi connectivity index (χ3n) is 0.885. The van der Waals surface area contributed by atoms with Crippen molar-refractivity contribution in [2.75, 3.05) is 0 Å². The molecule has 0 saturated heterocycles. The van der Waals surface area contributed by atoms with Crippen LogP contribution in [0.1, 0.15) is 5.89 Å². The van der Waals surface area contributed by atoms with Gasteiger partial charge in [0, 0.05) is 6.92 Å². The Morgan fingerprint density at radius 1 is 1.50 bits per heavy atom. The van der Waals surface area contributed by atoms with Crippen molar-refractivity contribution in [3.8, 4) is 0 Å².